The van der Waals surface area contributed by atoms with Crippen LogP contribution in [0.15, 0.2) is 0 Å². The van der Waals surface area contributed by atoms with Crippen LogP contribution in [0.2, 0.25) is 0 Å². The predicted octanol–water partition coefficient (Wildman–Crippen LogP) is -0.546. The highest BCUT2D eigenvalue weighted by Crippen LogP contribution is 2.40. The second-order valence-electron chi connectivity index (χ2n) is 3.41. The lowest BCUT2D eigenvalue weighted by Crippen LogP contribution is -2.40. The van der Waals surface area contributed by atoms with Gasteiger partial charge >= 0.3 is 5.97 Å². The third-order valence-electron chi connectivity index (χ3n) is 2.43. The molecule has 0 aliphatic heterocycles. The van der Waals surface area contributed by atoms with Gasteiger partial charge in [0.2, 0.25) is 0 Å². The topological polar surface area (TPSA) is 86.5 Å². The predicted molar refractivity (Wildman–Crippen MR) is 51.4 cm³/mol. The fraction of sp³-hybridized carbons (Fsp3) is 0.875. The van der Waals surface area contributed by atoms with Crippen molar-refractivity contribution < 1.29 is 17.9 Å². The molecule has 0 radical (unpaired) electrons. The van der Waals surface area contributed by atoms with Crippen LogP contribution in [0, 0.1) is 0 Å². The van der Waals surface area contributed by atoms with Crippen LogP contribution in [0.5, 0.6) is 0 Å². The molecule has 0 aromatic heterocycles. The Kier molecular flexibility index (Phi) is 2.87. The molecule has 0 saturated heterocycles. The SMILES string of the molecule is CCOC(=O)[C@@]1(N)C[C@@H]1S(=O)(=O)CC. The van der Waals surface area contributed by atoms with Crippen molar-refractivity contribution in [3.8, 4) is 0 Å². The van der Waals surface area contributed by atoms with Crippen molar-refractivity contribution in [2.75, 3.05) is 12.4 Å². The lowest BCUT2D eigenvalue weighted by atomic mass is 10.3. The molecule has 1 rings (SSSR count). The summed E-state index contributed by atoms with van der Waals surface area (Å²) >= 11 is 0. The molecular weight excluding hydrogens is 206 g/mol. The Labute approximate surface area is 83.5 Å². The van der Waals surface area contributed by atoms with Gasteiger partial charge in [-0.05, 0) is 13.3 Å². The first-order valence-electron chi connectivity index (χ1n) is 4.56. The Balaban J connectivity index is 2.72. The number of rotatable bonds is 4. The summed E-state index contributed by atoms with van der Waals surface area (Å²) in [5.41, 5.74) is 4.34. The molecule has 1 aliphatic rings. The maximum atomic E-state index is 11.4. The van der Waals surface area contributed by atoms with Crippen LogP contribution in [-0.4, -0.2) is 37.5 Å². The second-order valence-corrected chi connectivity index (χ2v) is 5.88. The molecule has 1 saturated carbocycles. The lowest BCUT2D eigenvalue weighted by Gasteiger charge is -2.09. The standard InChI is InChI=1S/C8H15NO4S/c1-3-13-7(10)8(9)5-6(8)14(11,12)4-2/h6H,3-5,9H2,1-2H3/t6-,8+/m0/s1. The van der Waals surface area contributed by atoms with Crippen molar-refractivity contribution in [2.45, 2.75) is 31.1 Å². The van der Waals surface area contributed by atoms with Crippen LogP contribution < -0.4 is 5.73 Å². The molecule has 6 heteroatoms. The minimum Gasteiger partial charge on any atom is -0.465 e. The summed E-state index contributed by atoms with van der Waals surface area (Å²) in [6.45, 7) is 3.42. The van der Waals surface area contributed by atoms with Gasteiger partial charge in [0.05, 0.1) is 11.9 Å². The molecule has 82 valence electrons. The van der Waals surface area contributed by atoms with E-state index < -0.39 is 26.6 Å². The van der Waals surface area contributed by atoms with E-state index in [0.717, 1.165) is 0 Å². The van der Waals surface area contributed by atoms with E-state index in [1.807, 2.05) is 0 Å². The van der Waals surface area contributed by atoms with Crippen molar-refractivity contribution in [1.29, 1.82) is 0 Å². The van der Waals surface area contributed by atoms with Crippen molar-refractivity contribution in [3.05, 3.63) is 0 Å². The first kappa shape index (κ1) is 11.5. The van der Waals surface area contributed by atoms with E-state index in [1.165, 1.54) is 0 Å². The van der Waals surface area contributed by atoms with E-state index in [1.54, 1.807) is 13.8 Å². The molecule has 0 bridgehead atoms. The lowest BCUT2D eigenvalue weighted by molar-refractivity contribution is -0.145. The summed E-state index contributed by atoms with van der Waals surface area (Å²) in [5.74, 6) is -0.599. The van der Waals surface area contributed by atoms with E-state index in [-0.39, 0.29) is 18.8 Å². The Morgan fingerprint density at radius 2 is 2.14 bits per heavy atom. The Morgan fingerprint density at radius 3 is 2.57 bits per heavy atom. The summed E-state index contributed by atoms with van der Waals surface area (Å²) in [5, 5.41) is -0.751. The number of sulfone groups is 1. The zero-order valence-corrected chi connectivity index (χ0v) is 9.13. The van der Waals surface area contributed by atoms with Crippen LogP contribution in [0.4, 0.5) is 0 Å². The van der Waals surface area contributed by atoms with E-state index in [0.29, 0.717) is 0 Å². The third kappa shape index (κ3) is 1.76. The monoisotopic (exact) mass is 221 g/mol. The molecule has 0 spiro atoms. The number of hydrogen-bond donors (Lipinski definition) is 1. The summed E-state index contributed by atoms with van der Waals surface area (Å²) in [7, 11) is -3.22. The van der Waals surface area contributed by atoms with Crippen LogP contribution >= 0.6 is 0 Å². The van der Waals surface area contributed by atoms with Gasteiger partial charge in [0, 0.05) is 5.75 Å². The highest BCUT2D eigenvalue weighted by molar-refractivity contribution is 7.92. The third-order valence-corrected chi connectivity index (χ3v) is 4.69. The second kappa shape index (κ2) is 3.51. The molecule has 14 heavy (non-hydrogen) atoms. The van der Waals surface area contributed by atoms with E-state index in [4.69, 9.17) is 10.5 Å². The van der Waals surface area contributed by atoms with Gasteiger partial charge in [0.15, 0.2) is 9.84 Å². The van der Waals surface area contributed by atoms with E-state index in [9.17, 15) is 13.2 Å². The highest BCUT2D eigenvalue weighted by Gasteiger charge is 2.64. The van der Waals surface area contributed by atoms with Crippen molar-refractivity contribution in [3.63, 3.8) is 0 Å². The molecule has 1 fully saturated rings. The van der Waals surface area contributed by atoms with Gasteiger partial charge in [-0.3, -0.25) is 4.79 Å². The average Bonchev–Trinajstić information content (AvgIpc) is 2.81. The van der Waals surface area contributed by atoms with Gasteiger partial charge in [0.1, 0.15) is 5.54 Å². The highest BCUT2D eigenvalue weighted by atomic mass is 32.2. The quantitative estimate of drug-likeness (QED) is 0.644. The minimum absolute atomic E-state index is 0.00994. The molecule has 0 heterocycles. The summed E-state index contributed by atoms with van der Waals surface area (Å²) < 4.78 is 27.5. The van der Waals surface area contributed by atoms with E-state index >= 15 is 0 Å². The van der Waals surface area contributed by atoms with Crippen molar-refractivity contribution in [2.24, 2.45) is 5.73 Å². The Morgan fingerprint density at radius 1 is 1.57 bits per heavy atom. The smallest absolute Gasteiger partial charge is 0.327 e. The van der Waals surface area contributed by atoms with Crippen LogP contribution in [0.3, 0.4) is 0 Å². The number of hydrogen-bond acceptors (Lipinski definition) is 5. The van der Waals surface area contributed by atoms with Crippen LogP contribution in [0.25, 0.3) is 0 Å². The average molecular weight is 221 g/mol. The molecule has 2 atom stereocenters. The molecule has 2 N–H and O–H groups in total. The fourth-order valence-electron chi connectivity index (χ4n) is 1.38. The maximum Gasteiger partial charge on any atom is 0.327 e. The molecular formula is C8H15NO4S. The first-order valence-corrected chi connectivity index (χ1v) is 6.27. The van der Waals surface area contributed by atoms with Gasteiger partial charge < -0.3 is 10.5 Å². The van der Waals surface area contributed by atoms with Gasteiger partial charge in [-0.2, -0.15) is 0 Å². The van der Waals surface area contributed by atoms with Crippen molar-refractivity contribution >= 4 is 15.8 Å². The van der Waals surface area contributed by atoms with E-state index in [2.05, 4.69) is 0 Å². The van der Waals surface area contributed by atoms with Gasteiger partial charge in [0.25, 0.3) is 0 Å². The molecule has 1 aliphatic carbocycles. The summed E-state index contributed by atoms with van der Waals surface area (Å²) in [6.07, 6.45) is 0.183. The van der Waals surface area contributed by atoms with Gasteiger partial charge in [-0.15, -0.1) is 0 Å². The number of esters is 1. The Hall–Kier alpha value is -0.620. The number of ether oxygens (including phenoxy) is 1. The Bertz CT molecular complexity index is 337. The largest absolute Gasteiger partial charge is 0.465 e. The van der Waals surface area contributed by atoms with Gasteiger partial charge in [-0.1, -0.05) is 6.92 Å². The molecule has 0 amide bonds. The van der Waals surface area contributed by atoms with Crippen molar-refractivity contribution in [1.82, 2.24) is 0 Å². The normalized spacial score (nSPS) is 31.2. The molecule has 0 aromatic rings. The molecule has 0 aromatic carbocycles. The van der Waals surface area contributed by atoms with Crippen LogP contribution in [0.1, 0.15) is 20.3 Å². The number of carbonyl (C=O) groups is 1. The number of nitrogens with two attached hydrogens (primary N) is 1. The first-order chi connectivity index (χ1) is 6.38. The summed E-state index contributed by atoms with van der Waals surface area (Å²) in [4.78, 5) is 11.3. The van der Waals surface area contributed by atoms with Gasteiger partial charge in [-0.25, -0.2) is 8.42 Å². The maximum absolute atomic E-state index is 11.4. The van der Waals surface area contributed by atoms with Crippen LogP contribution in [-0.2, 0) is 19.4 Å². The number of carbonyl (C=O) groups excluding carboxylic acids is 1. The molecule has 5 nitrogen and oxygen atoms in total. The summed E-state index contributed by atoms with van der Waals surface area (Å²) in [6, 6.07) is 0. The molecule has 0 unspecified atom stereocenters. The zero-order chi connectivity index (χ0) is 11.0. The zero-order valence-electron chi connectivity index (χ0n) is 8.32. The minimum atomic E-state index is -3.22. The fourth-order valence-corrected chi connectivity index (χ4v) is 3.05.